The monoisotopic (exact) mass is 422 g/mol. The maximum atomic E-state index is 14.3. The lowest BCUT2D eigenvalue weighted by Crippen LogP contribution is -2.19. The van der Waals surface area contributed by atoms with Gasteiger partial charge in [-0.1, -0.05) is 31.2 Å². The van der Waals surface area contributed by atoms with Gasteiger partial charge in [-0.3, -0.25) is 9.59 Å². The van der Waals surface area contributed by atoms with E-state index in [9.17, 15) is 14.0 Å². The maximum Gasteiger partial charge on any atom is 0.307 e. The van der Waals surface area contributed by atoms with Crippen LogP contribution in [0.4, 0.5) is 15.8 Å². The van der Waals surface area contributed by atoms with Crippen LogP contribution in [-0.4, -0.2) is 35.5 Å². The highest BCUT2D eigenvalue weighted by atomic mass is 19.1. The van der Waals surface area contributed by atoms with Crippen molar-refractivity contribution in [2.45, 2.75) is 19.8 Å². The number of benzene rings is 2. The van der Waals surface area contributed by atoms with Gasteiger partial charge in [0, 0.05) is 35.0 Å². The average Bonchev–Trinajstić information content (AvgIpc) is 3.59. The zero-order chi connectivity index (χ0) is 22.1. The van der Waals surface area contributed by atoms with Crippen molar-refractivity contribution in [1.29, 1.82) is 0 Å². The van der Waals surface area contributed by atoms with E-state index in [-0.39, 0.29) is 17.3 Å². The highest BCUT2D eigenvalue weighted by Gasteiger charge is 2.49. The fourth-order valence-corrected chi connectivity index (χ4v) is 3.95. The number of pyridine rings is 1. The number of carboxylic acid groups (broad SMARTS) is 1. The largest absolute Gasteiger partial charge is 0.494 e. The van der Waals surface area contributed by atoms with Gasteiger partial charge < -0.3 is 14.7 Å². The number of carbonyl (C=O) groups excluding carboxylic acids is 1. The van der Waals surface area contributed by atoms with Crippen LogP contribution in [0.5, 0.6) is 5.75 Å². The summed E-state index contributed by atoms with van der Waals surface area (Å²) in [5.74, 6) is -2.48. The van der Waals surface area contributed by atoms with E-state index in [0.717, 1.165) is 17.5 Å². The van der Waals surface area contributed by atoms with Gasteiger partial charge in [0.1, 0.15) is 17.3 Å². The molecule has 0 spiro atoms. The highest BCUT2D eigenvalue weighted by Crippen LogP contribution is 2.43. The first-order chi connectivity index (χ1) is 15.0. The fraction of sp³-hybridized carbons (Fsp3) is 0.292. The molecule has 1 heterocycles. The lowest BCUT2D eigenvalue weighted by molar-refractivity contribution is -0.138. The van der Waals surface area contributed by atoms with E-state index in [1.54, 1.807) is 30.5 Å². The SMILES string of the molecule is CCCN(c1cnc(C(=O)[C@H]2C[C@@H]2C(=O)O)c(OC)c1)c1ccc(F)c2ccccc12. The summed E-state index contributed by atoms with van der Waals surface area (Å²) in [5.41, 5.74) is 1.67. The van der Waals surface area contributed by atoms with Crippen LogP contribution in [0.2, 0.25) is 0 Å². The van der Waals surface area contributed by atoms with Crippen molar-refractivity contribution < 1.29 is 23.8 Å². The number of methoxy groups -OCH3 is 1. The Balaban J connectivity index is 1.74. The number of ketones is 1. The summed E-state index contributed by atoms with van der Waals surface area (Å²) < 4.78 is 19.8. The van der Waals surface area contributed by atoms with Gasteiger partial charge in [-0.2, -0.15) is 0 Å². The number of aromatic nitrogens is 1. The Morgan fingerprint density at radius 1 is 1.19 bits per heavy atom. The molecule has 160 valence electrons. The molecule has 0 bridgehead atoms. The quantitative estimate of drug-likeness (QED) is 0.524. The summed E-state index contributed by atoms with van der Waals surface area (Å²) in [6.07, 6.45) is 2.74. The number of hydrogen-bond donors (Lipinski definition) is 1. The molecule has 4 rings (SSSR count). The molecule has 7 heteroatoms. The molecule has 6 nitrogen and oxygen atoms in total. The zero-order valence-electron chi connectivity index (χ0n) is 17.3. The zero-order valence-corrected chi connectivity index (χ0v) is 17.3. The lowest BCUT2D eigenvalue weighted by atomic mass is 10.1. The van der Waals surface area contributed by atoms with Crippen molar-refractivity contribution in [3.8, 4) is 5.75 Å². The summed E-state index contributed by atoms with van der Waals surface area (Å²) in [6, 6.07) is 12.2. The van der Waals surface area contributed by atoms with Crippen LogP contribution < -0.4 is 9.64 Å². The molecular formula is C24H23FN2O4. The molecule has 31 heavy (non-hydrogen) atoms. The van der Waals surface area contributed by atoms with Crippen LogP contribution >= 0.6 is 0 Å². The summed E-state index contributed by atoms with van der Waals surface area (Å²) in [4.78, 5) is 30.2. The van der Waals surface area contributed by atoms with E-state index in [4.69, 9.17) is 9.84 Å². The Morgan fingerprint density at radius 2 is 1.94 bits per heavy atom. The van der Waals surface area contributed by atoms with Gasteiger partial charge in [0.25, 0.3) is 0 Å². The number of nitrogens with zero attached hydrogens (tertiary/aromatic N) is 2. The molecule has 0 saturated heterocycles. The van der Waals surface area contributed by atoms with Crippen molar-refractivity contribution in [3.05, 3.63) is 60.2 Å². The molecule has 0 amide bonds. The number of halogens is 1. The second kappa shape index (κ2) is 8.34. The Morgan fingerprint density at radius 3 is 2.58 bits per heavy atom. The van der Waals surface area contributed by atoms with Crippen LogP contribution in [-0.2, 0) is 4.79 Å². The number of Topliss-reactive ketones (excluding diaryl/α,β-unsaturated/α-hetero) is 1. The minimum Gasteiger partial charge on any atom is -0.494 e. The van der Waals surface area contributed by atoms with E-state index >= 15 is 0 Å². The summed E-state index contributed by atoms with van der Waals surface area (Å²) in [5, 5.41) is 10.4. The van der Waals surface area contributed by atoms with Gasteiger partial charge in [0.2, 0.25) is 0 Å². The topological polar surface area (TPSA) is 79.7 Å². The van der Waals surface area contributed by atoms with Crippen molar-refractivity contribution in [2.24, 2.45) is 11.8 Å². The lowest BCUT2D eigenvalue weighted by Gasteiger charge is -2.26. The van der Waals surface area contributed by atoms with Gasteiger partial charge in [0.05, 0.1) is 24.9 Å². The summed E-state index contributed by atoms with van der Waals surface area (Å²) in [7, 11) is 1.45. The number of hydrogen-bond acceptors (Lipinski definition) is 5. The third-order valence-corrected chi connectivity index (χ3v) is 5.63. The first kappa shape index (κ1) is 20.8. The van der Waals surface area contributed by atoms with Crippen molar-refractivity contribution in [1.82, 2.24) is 4.98 Å². The van der Waals surface area contributed by atoms with Crippen LogP contribution in [0.3, 0.4) is 0 Å². The molecular weight excluding hydrogens is 399 g/mol. The van der Waals surface area contributed by atoms with E-state index < -0.39 is 17.8 Å². The average molecular weight is 422 g/mol. The number of carbonyl (C=O) groups is 2. The van der Waals surface area contributed by atoms with Gasteiger partial charge in [-0.25, -0.2) is 9.37 Å². The molecule has 1 N–H and O–H groups in total. The standard InChI is InChI=1S/C24H23FN2O4/c1-3-10-27(20-9-8-19(25)15-6-4-5-7-16(15)20)14-11-21(31-2)22(26-13-14)23(28)17-12-18(17)24(29)30/h4-9,11,13,17-18H,3,10,12H2,1-2H3,(H,29,30)/t17-,18-/m0/s1. The third kappa shape index (κ3) is 3.83. The van der Waals surface area contributed by atoms with Gasteiger partial charge >= 0.3 is 5.97 Å². The molecule has 1 saturated carbocycles. The number of aliphatic carboxylic acids is 1. The fourth-order valence-electron chi connectivity index (χ4n) is 3.95. The predicted octanol–water partition coefficient (Wildman–Crippen LogP) is 4.83. The summed E-state index contributed by atoms with van der Waals surface area (Å²) >= 11 is 0. The summed E-state index contributed by atoms with van der Waals surface area (Å²) in [6.45, 7) is 2.69. The van der Waals surface area contributed by atoms with Gasteiger partial charge in [-0.15, -0.1) is 0 Å². The highest BCUT2D eigenvalue weighted by molar-refractivity contribution is 6.03. The third-order valence-electron chi connectivity index (χ3n) is 5.63. The number of ether oxygens (including phenoxy) is 1. The first-order valence-electron chi connectivity index (χ1n) is 10.2. The van der Waals surface area contributed by atoms with Crippen molar-refractivity contribution in [3.63, 3.8) is 0 Å². The molecule has 1 fully saturated rings. The van der Waals surface area contributed by atoms with E-state index in [1.165, 1.54) is 13.2 Å². The maximum absolute atomic E-state index is 14.3. The van der Waals surface area contributed by atoms with E-state index in [2.05, 4.69) is 4.98 Å². The molecule has 2 atom stereocenters. The normalized spacial score (nSPS) is 17.4. The minimum absolute atomic E-state index is 0.139. The Labute approximate surface area is 179 Å². The molecule has 1 aromatic heterocycles. The number of rotatable bonds is 8. The van der Waals surface area contributed by atoms with Crippen LogP contribution in [0.1, 0.15) is 30.3 Å². The molecule has 0 aliphatic heterocycles. The minimum atomic E-state index is -0.966. The molecule has 3 aromatic rings. The van der Waals surface area contributed by atoms with Gasteiger partial charge in [-0.05, 0) is 25.0 Å². The van der Waals surface area contributed by atoms with Crippen LogP contribution in [0, 0.1) is 17.7 Å². The number of anilines is 2. The van der Waals surface area contributed by atoms with E-state index in [0.29, 0.717) is 29.8 Å². The first-order valence-corrected chi connectivity index (χ1v) is 10.2. The molecule has 1 aliphatic carbocycles. The predicted molar refractivity (Wildman–Crippen MR) is 116 cm³/mol. The Kier molecular flexibility index (Phi) is 5.59. The molecule has 0 radical (unpaired) electrons. The van der Waals surface area contributed by atoms with E-state index in [1.807, 2.05) is 24.0 Å². The Bertz CT molecular complexity index is 1160. The number of carboxylic acids is 1. The Hall–Kier alpha value is -3.48. The van der Waals surface area contributed by atoms with Crippen LogP contribution in [0.15, 0.2) is 48.7 Å². The second-order valence-corrected chi connectivity index (χ2v) is 7.66. The van der Waals surface area contributed by atoms with Crippen molar-refractivity contribution in [2.75, 3.05) is 18.6 Å². The van der Waals surface area contributed by atoms with Gasteiger partial charge in [0.15, 0.2) is 5.78 Å². The second-order valence-electron chi connectivity index (χ2n) is 7.66. The van der Waals surface area contributed by atoms with Crippen molar-refractivity contribution >= 4 is 33.9 Å². The molecule has 0 unspecified atom stereocenters. The molecule has 1 aliphatic rings. The molecule has 2 aromatic carbocycles. The van der Waals surface area contributed by atoms with Crippen LogP contribution in [0.25, 0.3) is 10.8 Å². The smallest absolute Gasteiger partial charge is 0.307 e. The number of fused-ring (bicyclic) bond motifs is 1.